The van der Waals surface area contributed by atoms with Crippen LogP contribution in [0.25, 0.3) is 11.3 Å². The minimum absolute atomic E-state index is 0.0394. The van der Waals surface area contributed by atoms with Gasteiger partial charge < -0.3 is 74.5 Å². The first-order valence-electron chi connectivity index (χ1n) is 35.8. The van der Waals surface area contributed by atoms with Gasteiger partial charge in [-0.3, -0.25) is 19.2 Å². The fourth-order valence-corrected chi connectivity index (χ4v) is 10.3. The molecule has 0 aliphatic carbocycles. The number of carbonyl (C=O) groups is 8. The summed E-state index contributed by atoms with van der Waals surface area (Å²) < 4.78 is 53.5. The molecule has 29 heteroatoms. The van der Waals surface area contributed by atoms with Crippen molar-refractivity contribution >= 4 is 82.0 Å². The van der Waals surface area contributed by atoms with Crippen LogP contribution in [-0.4, -0.2) is 196 Å². The monoisotopic (exact) mass is 1560 g/mol. The highest BCUT2D eigenvalue weighted by Crippen LogP contribution is 2.26. The molecule has 0 radical (unpaired) electrons. The van der Waals surface area contributed by atoms with Crippen molar-refractivity contribution in [3.8, 4) is 11.3 Å². The number of rotatable bonds is 50. The Bertz CT molecular complexity index is 2990. The van der Waals surface area contributed by atoms with Gasteiger partial charge in [0.2, 0.25) is 11.8 Å². The van der Waals surface area contributed by atoms with Gasteiger partial charge >= 0.3 is 36.1 Å². The lowest BCUT2D eigenvalue weighted by atomic mass is 9.84. The lowest BCUT2D eigenvalue weighted by Gasteiger charge is -2.32. The molecule has 2 aromatic carbocycles. The number of hydrogen-bond acceptors (Lipinski definition) is 21. The number of carbonyl (C=O) groups excluding carboxylic acids is 10. The van der Waals surface area contributed by atoms with Crippen molar-refractivity contribution in [1.82, 2.24) is 41.6 Å². The van der Waals surface area contributed by atoms with Crippen LogP contribution in [0, 0.1) is 14.9 Å². The number of urea groups is 2. The molecule has 0 saturated carbocycles. The lowest BCUT2D eigenvalue weighted by Crippen LogP contribution is -2.53. The van der Waals surface area contributed by atoms with Crippen molar-refractivity contribution in [1.29, 1.82) is 0 Å². The first-order valence-corrected chi connectivity index (χ1v) is 36.9. The van der Waals surface area contributed by atoms with Gasteiger partial charge in [0, 0.05) is 59.1 Å². The number of esters is 3. The van der Waals surface area contributed by atoms with Gasteiger partial charge in [0.1, 0.15) is 34.7 Å². The lowest BCUT2D eigenvalue weighted by molar-refractivity contribution is -0.192. The normalized spacial score (nSPS) is 12.8. The summed E-state index contributed by atoms with van der Waals surface area (Å²) in [6, 6.07) is 11.9. The molecule has 0 aliphatic rings. The second kappa shape index (κ2) is 51.2. The molecule has 1 heterocycles. The maximum atomic E-state index is 13.7. The molecule has 0 aliphatic heterocycles. The highest BCUT2D eigenvalue weighted by Gasteiger charge is 2.33. The number of ether oxygens (including phenoxy) is 9. The zero-order valence-electron chi connectivity index (χ0n) is 63.2. The summed E-state index contributed by atoms with van der Waals surface area (Å²) in [6.07, 6.45) is 8.73. The summed E-state index contributed by atoms with van der Waals surface area (Å²) in [4.78, 5) is 121. The first kappa shape index (κ1) is 92.1. The van der Waals surface area contributed by atoms with Gasteiger partial charge in [-0.25, -0.2) is 23.9 Å². The molecule has 1 aromatic heterocycles. The van der Waals surface area contributed by atoms with Gasteiger partial charge in [-0.2, -0.15) is 9.59 Å². The summed E-state index contributed by atoms with van der Waals surface area (Å²) in [5.41, 5.74) is 0.442. The fraction of sp³-hybridized carbons (Fsp3) is 0.689. The molecule has 580 valence electrons. The Kier molecular flexibility index (Phi) is 45.8. The molecule has 6 amide bonds. The van der Waals surface area contributed by atoms with Crippen LogP contribution < -0.4 is 31.9 Å². The van der Waals surface area contributed by atoms with Gasteiger partial charge in [0.25, 0.3) is 0 Å². The van der Waals surface area contributed by atoms with Gasteiger partial charge in [0.05, 0.1) is 104 Å². The van der Waals surface area contributed by atoms with Crippen molar-refractivity contribution in [2.45, 2.75) is 228 Å². The Balaban J connectivity index is 0.0000118. The van der Waals surface area contributed by atoms with E-state index in [9.17, 15) is 38.4 Å². The maximum Gasteiger partial charge on any atom is 0.373 e. The van der Waals surface area contributed by atoms with Crippen LogP contribution in [0.4, 0.5) is 15.3 Å². The number of halogens is 1. The van der Waals surface area contributed by atoms with E-state index < -0.39 is 70.3 Å². The number of anilines is 1. The van der Waals surface area contributed by atoms with Gasteiger partial charge in [0.15, 0.2) is 0 Å². The third-order valence-corrected chi connectivity index (χ3v) is 15.7. The zero-order valence-corrected chi connectivity index (χ0v) is 65.4. The van der Waals surface area contributed by atoms with Crippen LogP contribution in [0.3, 0.4) is 0 Å². The van der Waals surface area contributed by atoms with Gasteiger partial charge in [-0.15, -0.1) is 5.10 Å². The third kappa shape index (κ3) is 46.5. The Labute approximate surface area is 622 Å². The van der Waals surface area contributed by atoms with Crippen molar-refractivity contribution in [3.63, 3.8) is 0 Å². The Morgan fingerprint density at radius 1 is 0.553 bits per heavy atom. The highest BCUT2D eigenvalue weighted by atomic mass is 127. The van der Waals surface area contributed by atoms with Crippen LogP contribution in [-0.2, 0) is 94.0 Å². The van der Waals surface area contributed by atoms with Crippen molar-refractivity contribution in [2.75, 3.05) is 97.7 Å². The third-order valence-electron chi connectivity index (χ3n) is 15.0. The van der Waals surface area contributed by atoms with E-state index in [0.29, 0.717) is 143 Å². The van der Waals surface area contributed by atoms with E-state index in [0.717, 1.165) is 39.7 Å². The average Bonchev–Trinajstić information content (AvgIpc) is 1.77. The standard InChI is InChI=1S/C73H118IN9O17.CO2/c1-14-15-16-22-55(65(87)79-59(66(88)99-72(8,9)10)25-17-19-34-75-63(85)49-53-27-29-56(74)30-28-53)51-58(84)33-37-92-39-41-94-43-45-96-47-48-97-46-44-95-42-40-93-38-36-83-61(52-77-82-83)54-23-21-24-57(50-54)78-68(90)76-35-20-18-26-60(67(89)100-73(11,12)13)80-69(91)81-62(70(2,3)4)31-32-64(86)98-71(5,6)7;2-1-3/h21,23-24,27-30,50,52,55,59-60,62H,14-20,22,25-26,31-49,51H2,1-13H3,(H,75,85)(H,79,87)(H2,76,78,90)(H2,80,81,91);/t55-,59+,60+,62+;/m1./s1. The number of aromatic nitrogens is 3. The van der Waals surface area contributed by atoms with E-state index in [1.807, 2.05) is 63.2 Å². The van der Waals surface area contributed by atoms with Crippen LogP contribution in [0.1, 0.15) is 185 Å². The maximum absolute atomic E-state index is 13.7. The molecule has 0 spiro atoms. The molecule has 6 N–H and O–H groups in total. The number of nitrogens with one attached hydrogen (secondary N) is 6. The van der Waals surface area contributed by atoms with Crippen molar-refractivity contribution in [3.05, 3.63) is 63.9 Å². The number of amides is 6. The second-order valence-electron chi connectivity index (χ2n) is 28.7. The summed E-state index contributed by atoms with van der Waals surface area (Å²) in [5, 5.41) is 25.6. The van der Waals surface area contributed by atoms with E-state index in [-0.39, 0.29) is 68.4 Å². The summed E-state index contributed by atoms with van der Waals surface area (Å²) in [5.74, 6) is -2.59. The quantitative estimate of drug-likeness (QED) is 0.0132. The Hall–Kier alpha value is -6.99. The minimum Gasteiger partial charge on any atom is -0.460 e. The molecule has 4 atom stereocenters. The molecule has 28 nitrogen and oxygen atoms in total. The van der Waals surface area contributed by atoms with E-state index in [4.69, 9.17) is 52.2 Å². The predicted octanol–water partition coefficient (Wildman–Crippen LogP) is 9.81. The SMILES string of the molecule is CCCCC[C@H](CC(=O)CCOCCOCCOCCOCCOCCOCCn1nncc1-c1cccc(NC(=O)NCCCC[C@H](NC(=O)N[C@@H](CCC(=O)OC(C)(C)C)C(C)(C)C)C(=O)OC(C)(C)C)c1)C(=O)N[C@@H](CCCCNC(=O)Cc1ccc(I)cc1)C(=O)OC(C)(C)C.O=C=O. The molecule has 3 aromatic rings. The van der Waals surface area contributed by atoms with Crippen molar-refractivity contribution in [2.24, 2.45) is 11.3 Å². The molecule has 0 fully saturated rings. The number of benzene rings is 2. The van der Waals surface area contributed by atoms with E-state index in [1.165, 1.54) is 0 Å². The summed E-state index contributed by atoms with van der Waals surface area (Å²) in [6.45, 7) is 29.3. The summed E-state index contributed by atoms with van der Waals surface area (Å²) in [7, 11) is 0. The average molecular weight is 1560 g/mol. The first-order chi connectivity index (χ1) is 48.7. The van der Waals surface area contributed by atoms with E-state index >= 15 is 0 Å². The molecule has 0 unspecified atom stereocenters. The smallest absolute Gasteiger partial charge is 0.373 e. The predicted molar refractivity (Wildman–Crippen MR) is 395 cm³/mol. The Morgan fingerprint density at radius 2 is 1.06 bits per heavy atom. The van der Waals surface area contributed by atoms with Gasteiger partial charge in [-0.05, 0) is 172 Å². The van der Waals surface area contributed by atoms with Crippen LogP contribution in [0.2, 0.25) is 0 Å². The number of Topliss-reactive ketones (excluding diaryl/α,β-unsaturated/α-hetero) is 1. The Morgan fingerprint density at radius 3 is 1.58 bits per heavy atom. The second-order valence-corrected chi connectivity index (χ2v) is 30.0. The molecule has 0 saturated heterocycles. The molecular formula is C74H118IN9O19. The number of nitrogens with zero attached hydrogens (tertiary/aromatic N) is 3. The number of unbranched alkanes of at least 4 members (excludes halogenated alkanes) is 4. The zero-order chi connectivity index (χ0) is 76.7. The fourth-order valence-electron chi connectivity index (χ4n) is 9.95. The molecule has 0 bridgehead atoms. The van der Waals surface area contributed by atoms with E-state index in [2.05, 4.69) is 71.7 Å². The topological polar surface area (TPSA) is 357 Å². The largest absolute Gasteiger partial charge is 0.460 e. The molecule has 3 rings (SSSR count). The summed E-state index contributed by atoms with van der Waals surface area (Å²) >= 11 is 2.22. The minimum atomic E-state index is -0.951. The molecular weight excluding hydrogens is 1450 g/mol. The van der Waals surface area contributed by atoms with E-state index in [1.54, 1.807) is 79.3 Å². The highest BCUT2D eigenvalue weighted by molar-refractivity contribution is 14.1. The van der Waals surface area contributed by atoms with Crippen LogP contribution >= 0.6 is 22.6 Å². The van der Waals surface area contributed by atoms with Crippen molar-refractivity contribution < 1.29 is 90.6 Å². The van der Waals surface area contributed by atoms with Crippen LogP contribution in [0.15, 0.2) is 54.7 Å². The van der Waals surface area contributed by atoms with Crippen LogP contribution in [0.5, 0.6) is 0 Å². The van der Waals surface area contributed by atoms with Gasteiger partial charge in [-0.1, -0.05) is 76.4 Å². The molecule has 103 heavy (non-hydrogen) atoms. The number of ketones is 1. The number of hydrogen-bond donors (Lipinski definition) is 6.